The van der Waals surface area contributed by atoms with E-state index in [1.165, 1.54) is 0 Å². The third kappa shape index (κ3) is 1.80. The summed E-state index contributed by atoms with van der Waals surface area (Å²) in [5.74, 6) is 1.17. The lowest BCUT2D eigenvalue weighted by molar-refractivity contribution is 0.330. The molecule has 0 amide bonds. The summed E-state index contributed by atoms with van der Waals surface area (Å²) < 4.78 is 5.01. The van der Waals surface area contributed by atoms with Gasteiger partial charge in [0.05, 0.1) is 11.7 Å². The van der Waals surface area contributed by atoms with Crippen molar-refractivity contribution in [1.29, 1.82) is 0 Å². The van der Waals surface area contributed by atoms with Gasteiger partial charge in [0.15, 0.2) is 5.76 Å². The molecule has 1 atom stereocenters. The van der Waals surface area contributed by atoms with E-state index < -0.39 is 0 Å². The van der Waals surface area contributed by atoms with Crippen LogP contribution in [-0.4, -0.2) is 5.16 Å². The molecule has 0 aliphatic heterocycles. The van der Waals surface area contributed by atoms with Crippen molar-refractivity contribution < 1.29 is 4.52 Å². The zero-order chi connectivity index (χ0) is 8.43. The maximum Gasteiger partial charge on any atom is 0.153 e. The summed E-state index contributed by atoms with van der Waals surface area (Å²) >= 11 is 0. The highest BCUT2D eigenvalue weighted by molar-refractivity contribution is 5.07. The summed E-state index contributed by atoms with van der Waals surface area (Å²) in [5, 5.41) is 3.77. The molecule has 1 heterocycles. The number of nitrogens with zero attached hydrogens (tertiary/aromatic N) is 1. The fourth-order valence-corrected chi connectivity index (χ4v) is 0.869. The van der Waals surface area contributed by atoms with Crippen molar-refractivity contribution in [3.63, 3.8) is 0 Å². The lowest BCUT2D eigenvalue weighted by Crippen LogP contribution is -2.15. The van der Waals surface area contributed by atoms with Crippen LogP contribution in [0.4, 0.5) is 0 Å². The van der Waals surface area contributed by atoms with Gasteiger partial charge in [-0.15, -0.1) is 0 Å². The van der Waals surface area contributed by atoms with Crippen molar-refractivity contribution in [3.05, 3.63) is 17.5 Å². The Hall–Kier alpha value is -0.830. The molecule has 0 radical (unpaired) electrons. The van der Waals surface area contributed by atoms with Crippen LogP contribution in [0.1, 0.15) is 31.3 Å². The summed E-state index contributed by atoms with van der Waals surface area (Å²) in [7, 11) is 0. The first-order chi connectivity index (χ1) is 5.11. The molecule has 0 saturated heterocycles. The Balaban J connectivity index is 2.76. The van der Waals surface area contributed by atoms with Gasteiger partial charge >= 0.3 is 0 Å². The summed E-state index contributed by atoms with van der Waals surface area (Å²) in [6.07, 6.45) is 0. The van der Waals surface area contributed by atoms with Crippen molar-refractivity contribution >= 4 is 0 Å². The zero-order valence-corrected chi connectivity index (χ0v) is 7.16. The lowest BCUT2D eigenvalue weighted by atomic mass is 10.0. The largest absolute Gasteiger partial charge is 0.359 e. The minimum atomic E-state index is -0.0313. The molecular formula is C8H14N2O. The number of hydrogen-bond acceptors (Lipinski definition) is 3. The second kappa shape index (κ2) is 3.05. The van der Waals surface area contributed by atoms with Gasteiger partial charge in [-0.2, -0.15) is 0 Å². The number of nitrogens with two attached hydrogens (primary N) is 1. The first-order valence-corrected chi connectivity index (χ1v) is 3.80. The fourth-order valence-electron chi connectivity index (χ4n) is 0.869. The molecule has 0 bridgehead atoms. The van der Waals surface area contributed by atoms with Gasteiger partial charge in [-0.3, -0.25) is 0 Å². The van der Waals surface area contributed by atoms with Gasteiger partial charge in [0.2, 0.25) is 0 Å². The van der Waals surface area contributed by atoms with Gasteiger partial charge in [0.1, 0.15) is 0 Å². The normalized spacial score (nSPS) is 13.9. The van der Waals surface area contributed by atoms with E-state index in [1.54, 1.807) is 0 Å². The van der Waals surface area contributed by atoms with Crippen LogP contribution < -0.4 is 5.73 Å². The van der Waals surface area contributed by atoms with E-state index in [0.717, 1.165) is 11.5 Å². The second-order valence-corrected chi connectivity index (χ2v) is 3.14. The average molecular weight is 154 g/mol. The fraction of sp³-hybridized carbons (Fsp3) is 0.625. The number of hydrogen-bond donors (Lipinski definition) is 1. The average Bonchev–Trinajstić information content (AvgIpc) is 2.34. The highest BCUT2D eigenvalue weighted by Crippen LogP contribution is 2.18. The van der Waals surface area contributed by atoms with E-state index in [9.17, 15) is 0 Å². The van der Waals surface area contributed by atoms with Crippen molar-refractivity contribution in [2.24, 2.45) is 11.7 Å². The predicted molar refractivity (Wildman–Crippen MR) is 43.0 cm³/mol. The van der Waals surface area contributed by atoms with Crippen LogP contribution in [0.15, 0.2) is 10.6 Å². The molecule has 11 heavy (non-hydrogen) atoms. The highest BCUT2D eigenvalue weighted by atomic mass is 16.5. The van der Waals surface area contributed by atoms with Crippen LogP contribution in [0.5, 0.6) is 0 Å². The first kappa shape index (κ1) is 8.27. The van der Waals surface area contributed by atoms with Crippen LogP contribution in [0.2, 0.25) is 0 Å². The minimum Gasteiger partial charge on any atom is -0.359 e. The molecule has 0 unspecified atom stereocenters. The standard InChI is InChI=1S/C8H14N2O/c1-5(2)8(9)7-4-6(3)10-11-7/h4-5,8H,9H2,1-3H3/t8-/m1/s1. The first-order valence-electron chi connectivity index (χ1n) is 3.80. The number of rotatable bonds is 2. The van der Waals surface area contributed by atoms with Gasteiger partial charge in [-0.1, -0.05) is 19.0 Å². The third-order valence-corrected chi connectivity index (χ3v) is 1.69. The molecule has 0 aliphatic carbocycles. The maximum absolute atomic E-state index is 5.82. The quantitative estimate of drug-likeness (QED) is 0.704. The molecule has 62 valence electrons. The SMILES string of the molecule is Cc1cc([C@H](N)C(C)C)on1. The Morgan fingerprint density at radius 2 is 2.18 bits per heavy atom. The van der Waals surface area contributed by atoms with E-state index in [1.807, 2.05) is 13.0 Å². The Morgan fingerprint density at radius 1 is 1.55 bits per heavy atom. The molecule has 0 fully saturated rings. The van der Waals surface area contributed by atoms with Gasteiger partial charge in [0, 0.05) is 6.07 Å². The second-order valence-electron chi connectivity index (χ2n) is 3.14. The molecular weight excluding hydrogens is 140 g/mol. The molecule has 0 saturated carbocycles. The van der Waals surface area contributed by atoms with Crippen LogP contribution in [0.25, 0.3) is 0 Å². The molecule has 3 nitrogen and oxygen atoms in total. The summed E-state index contributed by atoms with van der Waals surface area (Å²) in [6.45, 7) is 6.01. The Bertz CT molecular complexity index is 230. The van der Waals surface area contributed by atoms with Crippen LogP contribution in [0, 0.1) is 12.8 Å². The number of aryl methyl sites for hydroxylation is 1. The Labute approximate surface area is 66.6 Å². The predicted octanol–water partition coefficient (Wildman–Crippen LogP) is 1.64. The molecule has 0 spiro atoms. The Morgan fingerprint density at radius 3 is 2.55 bits per heavy atom. The summed E-state index contributed by atoms with van der Waals surface area (Å²) in [4.78, 5) is 0. The molecule has 0 aliphatic rings. The van der Waals surface area contributed by atoms with E-state index in [-0.39, 0.29) is 6.04 Å². The molecule has 0 aromatic carbocycles. The van der Waals surface area contributed by atoms with E-state index in [4.69, 9.17) is 10.3 Å². The summed E-state index contributed by atoms with van der Waals surface area (Å²) in [5.41, 5.74) is 6.70. The molecule has 3 heteroatoms. The van der Waals surface area contributed by atoms with E-state index in [2.05, 4.69) is 19.0 Å². The molecule has 1 rings (SSSR count). The van der Waals surface area contributed by atoms with Crippen molar-refractivity contribution in [3.8, 4) is 0 Å². The number of aromatic nitrogens is 1. The maximum atomic E-state index is 5.82. The van der Waals surface area contributed by atoms with E-state index in [0.29, 0.717) is 5.92 Å². The highest BCUT2D eigenvalue weighted by Gasteiger charge is 2.14. The van der Waals surface area contributed by atoms with Gasteiger partial charge in [0.25, 0.3) is 0 Å². The van der Waals surface area contributed by atoms with Crippen molar-refractivity contribution in [2.45, 2.75) is 26.8 Å². The Kier molecular flexibility index (Phi) is 2.29. The van der Waals surface area contributed by atoms with Crippen molar-refractivity contribution in [1.82, 2.24) is 5.16 Å². The molecule has 1 aromatic rings. The monoisotopic (exact) mass is 154 g/mol. The lowest BCUT2D eigenvalue weighted by Gasteiger charge is -2.10. The smallest absolute Gasteiger partial charge is 0.153 e. The zero-order valence-electron chi connectivity index (χ0n) is 7.16. The van der Waals surface area contributed by atoms with Gasteiger partial charge in [-0.25, -0.2) is 0 Å². The van der Waals surface area contributed by atoms with E-state index >= 15 is 0 Å². The van der Waals surface area contributed by atoms with Crippen LogP contribution >= 0.6 is 0 Å². The van der Waals surface area contributed by atoms with Crippen LogP contribution in [0.3, 0.4) is 0 Å². The molecule has 2 N–H and O–H groups in total. The van der Waals surface area contributed by atoms with Crippen LogP contribution in [-0.2, 0) is 0 Å². The third-order valence-electron chi connectivity index (χ3n) is 1.69. The van der Waals surface area contributed by atoms with Gasteiger partial charge in [-0.05, 0) is 12.8 Å². The minimum absolute atomic E-state index is 0.0313. The topological polar surface area (TPSA) is 52.0 Å². The van der Waals surface area contributed by atoms with Crippen molar-refractivity contribution in [2.75, 3.05) is 0 Å². The summed E-state index contributed by atoms with van der Waals surface area (Å²) in [6, 6.07) is 1.85. The van der Waals surface area contributed by atoms with Gasteiger partial charge < -0.3 is 10.3 Å². The molecule has 1 aromatic heterocycles.